The monoisotopic (exact) mass is 386 g/mol. The molecule has 0 aliphatic carbocycles. The zero-order chi connectivity index (χ0) is 19.7. The zero-order valence-corrected chi connectivity index (χ0v) is 16.5. The van der Waals surface area contributed by atoms with Crippen LogP contribution >= 0.6 is 0 Å². The van der Waals surface area contributed by atoms with Gasteiger partial charge >= 0.3 is 0 Å². The van der Waals surface area contributed by atoms with Crippen molar-refractivity contribution in [2.24, 2.45) is 0 Å². The van der Waals surface area contributed by atoms with Gasteiger partial charge in [-0.3, -0.25) is 0 Å². The molecule has 0 spiro atoms. The van der Waals surface area contributed by atoms with Gasteiger partial charge in [0, 0.05) is 0 Å². The first-order valence-electron chi connectivity index (χ1n) is 8.70. The van der Waals surface area contributed by atoms with Crippen LogP contribution in [0.15, 0.2) is 78.9 Å². The smallest absolute Gasteiger partial charge is 0.218 e. The topological polar surface area (TPSA) is 29.5 Å². The Morgan fingerprint density at radius 1 is 0.741 bits per heavy atom. The summed E-state index contributed by atoms with van der Waals surface area (Å²) in [7, 11) is -1.87. The standard InChI is InChI=1S/C15H17FOSi.C7H7FO/c1-18(2,15-6-4-3-5-7-15)17-12-13-8-10-14(16)11-9-13;8-7-3-1-6(5-9)2-4-7/h3-11H,12H2,1-2H3;1-4,9H,5H2. The molecule has 0 saturated carbocycles. The number of aliphatic hydroxyl groups is 1. The summed E-state index contributed by atoms with van der Waals surface area (Å²) < 4.78 is 31.0. The Balaban J connectivity index is 0.000000244. The first kappa shape index (κ1) is 21.0. The minimum absolute atomic E-state index is 0.0275. The highest BCUT2D eigenvalue weighted by molar-refractivity contribution is 6.84. The third-order valence-corrected chi connectivity index (χ3v) is 6.67. The average Bonchev–Trinajstić information content (AvgIpc) is 2.69. The Kier molecular flexibility index (Phi) is 7.85. The van der Waals surface area contributed by atoms with Gasteiger partial charge in [0.05, 0.1) is 13.2 Å². The van der Waals surface area contributed by atoms with Crippen molar-refractivity contribution in [3.63, 3.8) is 0 Å². The number of aliphatic hydroxyl groups excluding tert-OH is 1. The summed E-state index contributed by atoms with van der Waals surface area (Å²) in [6.07, 6.45) is 0. The zero-order valence-electron chi connectivity index (χ0n) is 15.5. The van der Waals surface area contributed by atoms with Crippen molar-refractivity contribution < 1.29 is 18.3 Å². The molecule has 0 bridgehead atoms. The van der Waals surface area contributed by atoms with E-state index in [1.807, 2.05) is 18.2 Å². The van der Waals surface area contributed by atoms with Crippen LogP contribution in [0.5, 0.6) is 0 Å². The number of hydrogen-bond acceptors (Lipinski definition) is 2. The van der Waals surface area contributed by atoms with Crippen molar-refractivity contribution in [3.8, 4) is 0 Å². The highest BCUT2D eigenvalue weighted by Gasteiger charge is 2.24. The maximum absolute atomic E-state index is 12.8. The molecule has 3 rings (SSSR count). The summed E-state index contributed by atoms with van der Waals surface area (Å²) in [6, 6.07) is 22.5. The van der Waals surface area contributed by atoms with Crippen LogP contribution in [0.3, 0.4) is 0 Å². The quantitative estimate of drug-likeness (QED) is 0.640. The molecule has 5 heteroatoms. The van der Waals surface area contributed by atoms with Gasteiger partial charge in [-0.1, -0.05) is 54.6 Å². The van der Waals surface area contributed by atoms with Gasteiger partial charge in [0.2, 0.25) is 8.32 Å². The van der Waals surface area contributed by atoms with Crippen molar-refractivity contribution >= 4 is 13.5 Å². The molecule has 3 aromatic carbocycles. The molecule has 0 heterocycles. The highest BCUT2D eigenvalue weighted by Crippen LogP contribution is 2.11. The first-order valence-corrected chi connectivity index (χ1v) is 11.6. The minimum atomic E-state index is -1.87. The minimum Gasteiger partial charge on any atom is -0.409 e. The molecule has 2 nitrogen and oxygen atoms in total. The molecule has 3 aromatic rings. The number of halogens is 2. The summed E-state index contributed by atoms with van der Waals surface area (Å²) in [4.78, 5) is 0. The maximum Gasteiger partial charge on any atom is 0.218 e. The Bertz CT molecular complexity index is 804. The summed E-state index contributed by atoms with van der Waals surface area (Å²) in [5.74, 6) is -0.481. The molecule has 1 N–H and O–H groups in total. The van der Waals surface area contributed by atoms with E-state index < -0.39 is 8.32 Å². The molecule has 0 fully saturated rings. The van der Waals surface area contributed by atoms with Crippen molar-refractivity contribution in [2.75, 3.05) is 0 Å². The summed E-state index contributed by atoms with van der Waals surface area (Å²) in [6.45, 7) is 4.85. The van der Waals surface area contributed by atoms with Gasteiger partial charge in [0.25, 0.3) is 0 Å². The number of rotatable bonds is 5. The predicted molar refractivity (Wildman–Crippen MR) is 107 cm³/mol. The molecule has 27 heavy (non-hydrogen) atoms. The molecule has 0 saturated heterocycles. The second kappa shape index (κ2) is 10.1. The molecule has 142 valence electrons. The molecule has 0 amide bonds. The molecule has 0 unspecified atom stereocenters. The van der Waals surface area contributed by atoms with E-state index in [-0.39, 0.29) is 18.2 Å². The van der Waals surface area contributed by atoms with E-state index in [4.69, 9.17) is 9.53 Å². The second-order valence-electron chi connectivity index (χ2n) is 6.58. The molecule has 0 aliphatic heterocycles. The lowest BCUT2D eigenvalue weighted by Gasteiger charge is -2.23. The maximum atomic E-state index is 12.8. The van der Waals surface area contributed by atoms with Crippen molar-refractivity contribution in [1.82, 2.24) is 0 Å². The van der Waals surface area contributed by atoms with Crippen LogP contribution in [0.2, 0.25) is 13.1 Å². The van der Waals surface area contributed by atoms with Gasteiger partial charge in [-0.2, -0.15) is 0 Å². The first-order chi connectivity index (χ1) is 12.9. The Morgan fingerprint density at radius 3 is 1.70 bits per heavy atom. The van der Waals surface area contributed by atoms with Crippen LogP contribution in [-0.2, 0) is 17.6 Å². The van der Waals surface area contributed by atoms with E-state index in [1.54, 1.807) is 24.3 Å². The lowest BCUT2D eigenvalue weighted by atomic mass is 10.2. The van der Waals surface area contributed by atoms with E-state index in [2.05, 4.69) is 25.2 Å². The van der Waals surface area contributed by atoms with Gasteiger partial charge in [-0.15, -0.1) is 0 Å². The SMILES string of the molecule is C[Si](C)(OCc1ccc(F)cc1)c1ccccc1.OCc1ccc(F)cc1. The van der Waals surface area contributed by atoms with E-state index in [0.29, 0.717) is 6.61 Å². The van der Waals surface area contributed by atoms with Crippen LogP contribution < -0.4 is 5.19 Å². The number of benzene rings is 3. The highest BCUT2D eigenvalue weighted by atomic mass is 28.4. The van der Waals surface area contributed by atoms with Crippen LogP contribution in [0.25, 0.3) is 0 Å². The molecule has 0 aromatic heterocycles. The van der Waals surface area contributed by atoms with Gasteiger partial charge in [0.1, 0.15) is 11.6 Å². The van der Waals surface area contributed by atoms with E-state index in [1.165, 1.54) is 29.5 Å². The fraction of sp³-hybridized carbons (Fsp3) is 0.182. The third kappa shape index (κ3) is 7.06. The van der Waals surface area contributed by atoms with Gasteiger partial charge in [-0.05, 0) is 53.7 Å². The Labute approximate surface area is 160 Å². The van der Waals surface area contributed by atoms with Crippen molar-refractivity contribution in [3.05, 3.63) is 102 Å². The molecule has 0 radical (unpaired) electrons. The molecular formula is C22H24F2O2Si. The fourth-order valence-electron chi connectivity index (χ4n) is 2.36. The fourth-order valence-corrected chi connectivity index (χ4v) is 4.05. The van der Waals surface area contributed by atoms with Crippen molar-refractivity contribution in [1.29, 1.82) is 0 Å². The summed E-state index contributed by atoms with van der Waals surface area (Å²) in [5.41, 5.74) is 1.74. The average molecular weight is 387 g/mol. The van der Waals surface area contributed by atoms with E-state index >= 15 is 0 Å². The van der Waals surface area contributed by atoms with Crippen LogP contribution in [0, 0.1) is 11.6 Å². The molecule has 0 atom stereocenters. The molecular weight excluding hydrogens is 362 g/mol. The second-order valence-corrected chi connectivity index (χ2v) is 10.5. The van der Waals surface area contributed by atoms with Gasteiger partial charge in [0.15, 0.2) is 0 Å². The number of hydrogen-bond donors (Lipinski definition) is 1. The molecule has 0 aliphatic rings. The largest absolute Gasteiger partial charge is 0.409 e. The predicted octanol–water partition coefficient (Wildman–Crippen LogP) is 4.77. The third-order valence-electron chi connectivity index (χ3n) is 4.08. The summed E-state index contributed by atoms with van der Waals surface area (Å²) in [5, 5.41) is 9.78. The van der Waals surface area contributed by atoms with E-state index in [9.17, 15) is 8.78 Å². The van der Waals surface area contributed by atoms with Gasteiger partial charge in [-0.25, -0.2) is 8.78 Å². The lowest BCUT2D eigenvalue weighted by Crippen LogP contribution is -2.44. The lowest BCUT2D eigenvalue weighted by molar-refractivity contribution is 0.281. The van der Waals surface area contributed by atoms with Crippen molar-refractivity contribution in [2.45, 2.75) is 26.3 Å². The summed E-state index contributed by atoms with van der Waals surface area (Å²) >= 11 is 0. The van der Waals surface area contributed by atoms with Crippen LogP contribution in [0.4, 0.5) is 8.78 Å². The van der Waals surface area contributed by atoms with Crippen LogP contribution in [0.1, 0.15) is 11.1 Å². The van der Waals surface area contributed by atoms with Crippen LogP contribution in [-0.4, -0.2) is 13.4 Å². The Morgan fingerprint density at radius 2 is 1.22 bits per heavy atom. The Hall–Kier alpha value is -2.34. The normalized spacial score (nSPS) is 10.9. The van der Waals surface area contributed by atoms with E-state index in [0.717, 1.165) is 11.1 Å². The van der Waals surface area contributed by atoms with Gasteiger partial charge < -0.3 is 9.53 Å².